The second-order valence-corrected chi connectivity index (χ2v) is 12.9. The van der Waals surface area contributed by atoms with Crippen molar-refractivity contribution in [1.82, 2.24) is 10.6 Å². The first kappa shape index (κ1) is 36.7. The summed E-state index contributed by atoms with van der Waals surface area (Å²) in [6.45, 7) is 13.2. The Balaban J connectivity index is 2.18. The van der Waals surface area contributed by atoms with Gasteiger partial charge in [-0.15, -0.1) is 0 Å². The molecule has 2 aromatic carbocycles. The number of rotatable bonds is 19. The van der Waals surface area contributed by atoms with E-state index in [2.05, 4.69) is 24.5 Å². The molecule has 8 heteroatoms. The van der Waals surface area contributed by atoms with Crippen LogP contribution in [0, 0.1) is 17.3 Å². The molecule has 0 bridgehead atoms. The van der Waals surface area contributed by atoms with Crippen molar-refractivity contribution in [2.24, 2.45) is 17.3 Å². The molecule has 2 amide bonds. The highest BCUT2D eigenvalue weighted by Crippen LogP contribution is 2.24. The van der Waals surface area contributed by atoms with Gasteiger partial charge in [-0.1, -0.05) is 101 Å². The molecule has 0 fully saturated rings. The Morgan fingerprint density at radius 3 is 1.86 bits per heavy atom. The molecule has 0 aliphatic rings. The summed E-state index contributed by atoms with van der Waals surface area (Å²) in [5.41, 5.74) is 0.234. The van der Waals surface area contributed by atoms with E-state index >= 15 is 0 Å². The molecular weight excluding hydrogens is 556 g/mol. The first-order chi connectivity index (χ1) is 20.8. The summed E-state index contributed by atoms with van der Waals surface area (Å²) in [6.07, 6.45) is 2.57. The highest BCUT2D eigenvalue weighted by Gasteiger charge is 2.43. The number of ether oxygens (including phenoxy) is 2. The Labute approximate surface area is 263 Å². The SMILES string of the molecule is CC(C)CCCCC(=O)N[C@H](C(=O)N[C@@H](CC(C)C)C(=O)C(C)(C)C(=O)OCc1ccccc1)C(C)OCc1ccccc1. The first-order valence-electron chi connectivity index (χ1n) is 15.8. The normalized spacial score (nSPS) is 13.7. The van der Waals surface area contributed by atoms with Crippen LogP contribution in [0.15, 0.2) is 60.7 Å². The van der Waals surface area contributed by atoms with Crippen molar-refractivity contribution in [2.45, 2.75) is 112 Å². The number of esters is 1. The van der Waals surface area contributed by atoms with Gasteiger partial charge in [0, 0.05) is 6.42 Å². The number of ketones is 1. The lowest BCUT2D eigenvalue weighted by Gasteiger charge is -2.31. The minimum Gasteiger partial charge on any atom is -0.460 e. The fourth-order valence-corrected chi connectivity index (χ4v) is 4.78. The number of amides is 2. The number of carbonyl (C=O) groups is 4. The molecule has 8 nitrogen and oxygen atoms in total. The van der Waals surface area contributed by atoms with Gasteiger partial charge in [0.15, 0.2) is 5.78 Å². The Kier molecular flexibility index (Phi) is 15.3. The lowest BCUT2D eigenvalue weighted by atomic mass is 9.81. The molecule has 0 spiro atoms. The molecule has 0 heterocycles. The monoisotopic (exact) mass is 608 g/mol. The van der Waals surface area contributed by atoms with Crippen LogP contribution in [-0.4, -0.2) is 41.8 Å². The van der Waals surface area contributed by atoms with E-state index in [4.69, 9.17) is 9.47 Å². The van der Waals surface area contributed by atoms with Gasteiger partial charge in [0.25, 0.3) is 0 Å². The highest BCUT2D eigenvalue weighted by atomic mass is 16.5. The van der Waals surface area contributed by atoms with E-state index < -0.39 is 41.3 Å². The van der Waals surface area contributed by atoms with E-state index in [9.17, 15) is 19.2 Å². The molecular formula is C36H52N2O6. The fraction of sp³-hybridized carbons (Fsp3) is 0.556. The van der Waals surface area contributed by atoms with Crippen molar-refractivity contribution >= 4 is 23.6 Å². The number of carbonyl (C=O) groups excluding carboxylic acids is 4. The number of nitrogens with one attached hydrogen (secondary N) is 2. The van der Waals surface area contributed by atoms with E-state index in [1.54, 1.807) is 6.92 Å². The fourth-order valence-electron chi connectivity index (χ4n) is 4.78. The summed E-state index contributed by atoms with van der Waals surface area (Å²) in [4.78, 5) is 53.6. The van der Waals surface area contributed by atoms with Crippen LogP contribution < -0.4 is 10.6 Å². The van der Waals surface area contributed by atoms with E-state index in [0.717, 1.165) is 24.0 Å². The highest BCUT2D eigenvalue weighted by molar-refractivity contribution is 6.06. The summed E-state index contributed by atoms with van der Waals surface area (Å²) in [7, 11) is 0. The largest absolute Gasteiger partial charge is 0.460 e. The van der Waals surface area contributed by atoms with Crippen LogP contribution in [0.2, 0.25) is 0 Å². The van der Waals surface area contributed by atoms with Crippen LogP contribution in [0.3, 0.4) is 0 Å². The van der Waals surface area contributed by atoms with Crippen molar-refractivity contribution < 1.29 is 28.7 Å². The second kappa shape index (κ2) is 18.3. The standard InChI is InChI=1S/C36H52N2O6/c1-25(2)16-14-15-21-31(39)38-32(27(5)43-23-28-17-10-8-11-18-28)34(41)37-30(22-26(3)4)33(40)36(6,7)35(42)44-24-29-19-12-9-13-20-29/h8-13,17-20,25-27,30,32H,14-16,21-24H2,1-7H3,(H,37,41)(H,38,39)/t27?,30-,32-/m0/s1. The zero-order valence-corrected chi connectivity index (χ0v) is 27.6. The van der Waals surface area contributed by atoms with Gasteiger partial charge < -0.3 is 20.1 Å². The first-order valence-corrected chi connectivity index (χ1v) is 15.8. The van der Waals surface area contributed by atoms with Crippen LogP contribution in [0.1, 0.15) is 91.7 Å². The topological polar surface area (TPSA) is 111 Å². The van der Waals surface area contributed by atoms with Crippen LogP contribution in [0.25, 0.3) is 0 Å². The van der Waals surface area contributed by atoms with Crippen molar-refractivity contribution in [1.29, 1.82) is 0 Å². The summed E-state index contributed by atoms with van der Waals surface area (Å²) in [5.74, 6) is -1.30. The molecule has 0 radical (unpaired) electrons. The predicted molar refractivity (Wildman–Crippen MR) is 172 cm³/mol. The molecule has 3 atom stereocenters. The van der Waals surface area contributed by atoms with Gasteiger partial charge in [0.2, 0.25) is 11.8 Å². The second-order valence-electron chi connectivity index (χ2n) is 12.9. The molecule has 2 aromatic rings. The molecule has 2 rings (SSSR count). The maximum absolute atomic E-state index is 13.8. The summed E-state index contributed by atoms with van der Waals surface area (Å²) in [5, 5.41) is 5.72. The lowest BCUT2D eigenvalue weighted by Crippen LogP contribution is -2.58. The summed E-state index contributed by atoms with van der Waals surface area (Å²) < 4.78 is 11.5. The number of Topliss-reactive ketones (excluding diaryl/α,β-unsaturated/α-hetero) is 1. The van der Waals surface area contributed by atoms with Gasteiger partial charge in [0.05, 0.1) is 18.8 Å². The molecule has 0 aromatic heterocycles. The molecule has 0 aliphatic carbocycles. The van der Waals surface area contributed by atoms with Crippen LogP contribution >= 0.6 is 0 Å². The van der Waals surface area contributed by atoms with E-state index in [1.165, 1.54) is 13.8 Å². The van der Waals surface area contributed by atoms with E-state index in [-0.39, 0.29) is 31.5 Å². The predicted octanol–water partition coefficient (Wildman–Crippen LogP) is 6.16. The van der Waals surface area contributed by atoms with E-state index in [1.807, 2.05) is 74.5 Å². The third-order valence-electron chi connectivity index (χ3n) is 7.54. The van der Waals surface area contributed by atoms with Crippen molar-refractivity contribution in [2.75, 3.05) is 0 Å². The Morgan fingerprint density at radius 2 is 1.32 bits per heavy atom. The molecule has 0 saturated heterocycles. The minimum absolute atomic E-state index is 0.0408. The summed E-state index contributed by atoms with van der Waals surface area (Å²) in [6, 6.07) is 16.8. The Morgan fingerprint density at radius 1 is 0.750 bits per heavy atom. The van der Waals surface area contributed by atoms with Gasteiger partial charge in [-0.2, -0.15) is 0 Å². The quantitative estimate of drug-likeness (QED) is 0.112. The van der Waals surface area contributed by atoms with Crippen molar-refractivity contribution in [3.63, 3.8) is 0 Å². The number of unbranched alkanes of at least 4 members (excludes halogenated alkanes) is 1. The van der Waals surface area contributed by atoms with Crippen LogP contribution in [0.5, 0.6) is 0 Å². The number of benzene rings is 2. The van der Waals surface area contributed by atoms with Gasteiger partial charge in [-0.25, -0.2) is 0 Å². The zero-order valence-electron chi connectivity index (χ0n) is 27.6. The molecule has 44 heavy (non-hydrogen) atoms. The van der Waals surface area contributed by atoms with Gasteiger partial charge in [-0.05, 0) is 56.6 Å². The van der Waals surface area contributed by atoms with E-state index in [0.29, 0.717) is 18.8 Å². The van der Waals surface area contributed by atoms with Crippen molar-refractivity contribution in [3.05, 3.63) is 71.8 Å². The molecule has 0 aliphatic heterocycles. The molecule has 0 saturated carbocycles. The number of hydrogen-bond acceptors (Lipinski definition) is 6. The maximum Gasteiger partial charge on any atom is 0.319 e. The Bertz CT molecular complexity index is 1180. The van der Waals surface area contributed by atoms with Gasteiger partial charge >= 0.3 is 5.97 Å². The molecule has 1 unspecified atom stereocenters. The van der Waals surface area contributed by atoms with Crippen LogP contribution in [-0.2, 0) is 41.9 Å². The molecule has 2 N–H and O–H groups in total. The lowest BCUT2D eigenvalue weighted by molar-refractivity contribution is -0.160. The average molecular weight is 609 g/mol. The smallest absolute Gasteiger partial charge is 0.319 e. The zero-order chi connectivity index (χ0) is 32.7. The summed E-state index contributed by atoms with van der Waals surface area (Å²) >= 11 is 0. The van der Waals surface area contributed by atoms with Crippen molar-refractivity contribution in [3.8, 4) is 0 Å². The maximum atomic E-state index is 13.8. The van der Waals surface area contributed by atoms with Crippen LogP contribution in [0.4, 0.5) is 0 Å². The number of hydrogen-bond donors (Lipinski definition) is 2. The Hall–Kier alpha value is -3.52. The van der Waals surface area contributed by atoms with Gasteiger partial charge in [-0.3, -0.25) is 19.2 Å². The average Bonchev–Trinajstić information content (AvgIpc) is 2.99. The minimum atomic E-state index is -1.51. The third kappa shape index (κ3) is 12.6. The molecule has 242 valence electrons. The van der Waals surface area contributed by atoms with Gasteiger partial charge in [0.1, 0.15) is 18.1 Å². The third-order valence-corrected chi connectivity index (χ3v) is 7.54.